The van der Waals surface area contributed by atoms with Gasteiger partial charge in [0, 0.05) is 12.3 Å². The zero-order valence-electron chi connectivity index (χ0n) is 13.1. The van der Waals surface area contributed by atoms with Crippen molar-refractivity contribution < 1.29 is 12.8 Å². The van der Waals surface area contributed by atoms with Gasteiger partial charge in [-0.25, -0.2) is 12.8 Å². The summed E-state index contributed by atoms with van der Waals surface area (Å²) in [6.07, 6.45) is 1.62. The lowest BCUT2D eigenvalue weighted by atomic mass is 10.2. The predicted octanol–water partition coefficient (Wildman–Crippen LogP) is 2.21. The Morgan fingerprint density at radius 1 is 1.29 bits per heavy atom. The number of nitrogens with one attached hydrogen (secondary N) is 2. The van der Waals surface area contributed by atoms with Crippen LogP contribution in [-0.4, -0.2) is 28.4 Å². The van der Waals surface area contributed by atoms with Crippen LogP contribution in [0.1, 0.15) is 17.0 Å². The van der Waals surface area contributed by atoms with Crippen LogP contribution >= 0.6 is 0 Å². The number of sulfonamides is 1. The summed E-state index contributed by atoms with van der Waals surface area (Å²) in [4.78, 5) is 0.113. The highest BCUT2D eigenvalue weighted by Crippen LogP contribution is 2.20. The Labute approximate surface area is 138 Å². The first-order valence-corrected chi connectivity index (χ1v) is 8.66. The van der Waals surface area contributed by atoms with Crippen molar-refractivity contribution in [3.8, 4) is 0 Å². The van der Waals surface area contributed by atoms with E-state index in [4.69, 9.17) is 0 Å². The maximum atomic E-state index is 13.2. The highest BCUT2D eigenvalue weighted by atomic mass is 32.2. The van der Waals surface area contributed by atoms with Crippen LogP contribution in [0.5, 0.6) is 0 Å². The third-order valence-corrected chi connectivity index (χ3v) is 5.06. The molecule has 9 heteroatoms. The van der Waals surface area contributed by atoms with Crippen molar-refractivity contribution in [1.29, 1.82) is 0 Å². The smallest absolute Gasteiger partial charge is 0.266 e. The third-order valence-electron chi connectivity index (χ3n) is 3.44. The van der Waals surface area contributed by atoms with Gasteiger partial charge in [0.1, 0.15) is 10.7 Å². The van der Waals surface area contributed by atoms with Crippen LogP contribution in [0, 0.1) is 19.7 Å². The van der Waals surface area contributed by atoms with Gasteiger partial charge in [-0.05, 0) is 31.5 Å². The molecule has 0 aliphatic carbocycles. The van der Waals surface area contributed by atoms with Crippen LogP contribution in [0.4, 0.5) is 10.2 Å². The SMILES string of the molecule is Cc1n[nH]c(C)c1S(=O)(=O)Nc1ccn(Cc2cccc(F)c2)n1. The molecule has 126 valence electrons. The topological polar surface area (TPSA) is 92.7 Å². The van der Waals surface area contributed by atoms with E-state index < -0.39 is 10.0 Å². The molecule has 0 aliphatic rings. The number of H-pyrrole nitrogens is 1. The summed E-state index contributed by atoms with van der Waals surface area (Å²) in [6, 6.07) is 7.70. The molecular weight excluding hydrogens is 333 g/mol. The molecule has 0 bridgehead atoms. The van der Waals surface area contributed by atoms with Crippen LogP contribution in [0.3, 0.4) is 0 Å². The predicted molar refractivity (Wildman–Crippen MR) is 86.6 cm³/mol. The molecule has 0 unspecified atom stereocenters. The van der Waals surface area contributed by atoms with E-state index in [-0.39, 0.29) is 16.5 Å². The summed E-state index contributed by atoms with van der Waals surface area (Å²) < 4.78 is 42.0. The quantitative estimate of drug-likeness (QED) is 0.739. The molecule has 0 spiro atoms. The molecule has 0 saturated heterocycles. The second-order valence-corrected chi connectivity index (χ2v) is 7.02. The monoisotopic (exact) mass is 349 g/mol. The highest BCUT2D eigenvalue weighted by molar-refractivity contribution is 7.92. The van der Waals surface area contributed by atoms with Crippen LogP contribution in [0.25, 0.3) is 0 Å². The van der Waals surface area contributed by atoms with Gasteiger partial charge in [0.2, 0.25) is 0 Å². The Morgan fingerprint density at radius 2 is 2.08 bits per heavy atom. The van der Waals surface area contributed by atoms with Crippen LogP contribution in [0.15, 0.2) is 41.4 Å². The number of aryl methyl sites for hydroxylation is 2. The molecule has 0 radical (unpaired) electrons. The van der Waals surface area contributed by atoms with Gasteiger partial charge in [0.25, 0.3) is 10.0 Å². The van der Waals surface area contributed by atoms with Gasteiger partial charge in [0.05, 0.1) is 17.9 Å². The average Bonchev–Trinajstić information content (AvgIpc) is 3.05. The maximum Gasteiger partial charge on any atom is 0.266 e. The van der Waals surface area contributed by atoms with Gasteiger partial charge < -0.3 is 0 Å². The standard InChI is InChI=1S/C15H16FN5O2S/c1-10-15(11(2)18-17-10)24(22,23)20-14-6-7-21(19-14)9-12-4-3-5-13(16)8-12/h3-8H,9H2,1-2H3,(H,17,18)(H,19,20). The van der Waals surface area contributed by atoms with Crippen molar-refractivity contribution in [1.82, 2.24) is 20.0 Å². The second kappa shape index (κ2) is 6.08. The Morgan fingerprint density at radius 3 is 2.75 bits per heavy atom. The molecule has 0 amide bonds. The van der Waals surface area contributed by atoms with Crippen molar-refractivity contribution in [3.63, 3.8) is 0 Å². The van der Waals surface area contributed by atoms with Crippen molar-refractivity contribution in [2.45, 2.75) is 25.3 Å². The molecule has 24 heavy (non-hydrogen) atoms. The summed E-state index contributed by atoms with van der Waals surface area (Å²) in [5, 5.41) is 10.7. The van der Waals surface area contributed by atoms with Crippen molar-refractivity contribution in [2.75, 3.05) is 4.72 Å². The van der Waals surface area contributed by atoms with E-state index in [2.05, 4.69) is 20.0 Å². The molecule has 0 aliphatic heterocycles. The summed E-state index contributed by atoms with van der Waals surface area (Å²) >= 11 is 0. The zero-order chi connectivity index (χ0) is 17.3. The number of hydrogen-bond acceptors (Lipinski definition) is 4. The van der Waals surface area contributed by atoms with Gasteiger partial charge >= 0.3 is 0 Å². The minimum absolute atomic E-state index is 0.113. The maximum absolute atomic E-state index is 13.2. The fourth-order valence-corrected chi connectivity index (χ4v) is 3.82. The third kappa shape index (κ3) is 3.30. The van der Waals surface area contributed by atoms with E-state index in [9.17, 15) is 12.8 Å². The fourth-order valence-electron chi connectivity index (χ4n) is 2.45. The normalized spacial score (nSPS) is 11.6. The Hall–Kier alpha value is -2.68. The first-order valence-electron chi connectivity index (χ1n) is 7.17. The number of rotatable bonds is 5. The summed E-state index contributed by atoms with van der Waals surface area (Å²) in [7, 11) is -3.78. The number of halogens is 1. The number of hydrogen-bond donors (Lipinski definition) is 2. The molecule has 2 heterocycles. The van der Waals surface area contributed by atoms with Crippen LogP contribution < -0.4 is 4.72 Å². The molecular formula is C15H16FN5O2S. The minimum Gasteiger partial charge on any atom is -0.281 e. The number of aromatic nitrogens is 4. The molecule has 3 aromatic rings. The van der Waals surface area contributed by atoms with Gasteiger partial charge in [-0.1, -0.05) is 12.1 Å². The molecule has 0 atom stereocenters. The van der Waals surface area contributed by atoms with Gasteiger partial charge in [-0.15, -0.1) is 0 Å². The minimum atomic E-state index is -3.78. The Kier molecular flexibility index (Phi) is 4.10. The molecule has 0 fully saturated rings. The largest absolute Gasteiger partial charge is 0.281 e. The lowest BCUT2D eigenvalue weighted by molar-refractivity contribution is 0.599. The Bertz CT molecular complexity index is 958. The van der Waals surface area contributed by atoms with Crippen LogP contribution in [-0.2, 0) is 16.6 Å². The molecule has 3 rings (SSSR count). The van der Waals surface area contributed by atoms with Crippen molar-refractivity contribution in [2.24, 2.45) is 0 Å². The van der Waals surface area contributed by atoms with Gasteiger partial charge in [-0.2, -0.15) is 10.2 Å². The summed E-state index contributed by atoms with van der Waals surface area (Å²) in [5.74, 6) is -0.141. The summed E-state index contributed by atoms with van der Waals surface area (Å²) in [5.41, 5.74) is 1.58. The van der Waals surface area contributed by atoms with E-state index in [1.807, 2.05) is 0 Å². The lowest BCUT2D eigenvalue weighted by Gasteiger charge is -2.06. The first kappa shape index (κ1) is 16.2. The fraction of sp³-hybridized carbons (Fsp3) is 0.200. The van der Waals surface area contributed by atoms with Crippen molar-refractivity contribution >= 4 is 15.8 Å². The summed E-state index contributed by atoms with van der Waals surface area (Å²) in [6.45, 7) is 3.58. The number of aromatic amines is 1. The lowest BCUT2D eigenvalue weighted by Crippen LogP contribution is -2.15. The zero-order valence-corrected chi connectivity index (χ0v) is 13.9. The van der Waals surface area contributed by atoms with Crippen molar-refractivity contribution in [3.05, 3.63) is 59.3 Å². The van der Waals surface area contributed by atoms with E-state index in [0.29, 0.717) is 17.9 Å². The van der Waals surface area contributed by atoms with E-state index in [0.717, 1.165) is 5.56 Å². The molecule has 1 aromatic carbocycles. The molecule has 2 N–H and O–H groups in total. The van der Waals surface area contributed by atoms with Crippen LogP contribution in [0.2, 0.25) is 0 Å². The van der Waals surface area contributed by atoms with E-state index >= 15 is 0 Å². The first-order chi connectivity index (χ1) is 11.3. The van der Waals surface area contributed by atoms with E-state index in [1.54, 1.807) is 38.2 Å². The molecule has 2 aromatic heterocycles. The average molecular weight is 349 g/mol. The van der Waals surface area contributed by atoms with Gasteiger partial charge in [0.15, 0.2) is 5.82 Å². The van der Waals surface area contributed by atoms with Gasteiger partial charge in [-0.3, -0.25) is 14.5 Å². The molecule has 0 saturated carbocycles. The second-order valence-electron chi connectivity index (χ2n) is 5.40. The Balaban J connectivity index is 1.79. The van der Waals surface area contributed by atoms with E-state index in [1.165, 1.54) is 16.8 Å². The number of benzene rings is 1. The number of anilines is 1. The molecule has 7 nitrogen and oxygen atoms in total. The number of nitrogens with zero attached hydrogens (tertiary/aromatic N) is 3. The highest BCUT2D eigenvalue weighted by Gasteiger charge is 2.23.